The number of benzene rings is 1. The number of nitrogens with zero attached hydrogens (tertiary/aromatic N) is 1. The molecule has 0 radical (unpaired) electrons. The first-order chi connectivity index (χ1) is 8.17. The number of rotatable bonds is 3. The fourth-order valence-electron chi connectivity index (χ4n) is 1.50. The number of methoxy groups -OCH3 is 2. The molecule has 0 aliphatic heterocycles. The number of hydrogen-bond acceptors (Lipinski definition) is 5. The summed E-state index contributed by atoms with van der Waals surface area (Å²) in [5.74, 6) is 2.13. The Morgan fingerprint density at radius 1 is 1.29 bits per heavy atom. The lowest BCUT2D eigenvalue weighted by molar-refractivity contribution is 0.353. The van der Waals surface area contributed by atoms with Crippen LogP contribution in [0.15, 0.2) is 27.2 Å². The zero-order valence-corrected chi connectivity index (χ0v) is 10.9. The van der Waals surface area contributed by atoms with Crippen molar-refractivity contribution in [2.75, 3.05) is 20.0 Å². The topological polar surface area (TPSA) is 70.5 Å². The molecule has 1 aromatic carbocycles. The molecule has 1 heterocycles. The van der Waals surface area contributed by atoms with Gasteiger partial charge in [0.25, 0.3) is 0 Å². The quantitative estimate of drug-likeness (QED) is 0.943. The Morgan fingerprint density at radius 2 is 2.06 bits per heavy atom. The first kappa shape index (κ1) is 11.8. The molecule has 0 spiro atoms. The van der Waals surface area contributed by atoms with Gasteiger partial charge in [-0.1, -0.05) is 5.16 Å². The normalized spacial score (nSPS) is 10.3. The smallest absolute Gasteiger partial charge is 0.175 e. The van der Waals surface area contributed by atoms with E-state index < -0.39 is 0 Å². The lowest BCUT2D eigenvalue weighted by Crippen LogP contribution is -1.92. The third kappa shape index (κ3) is 2.08. The standard InChI is InChI=1S/C11H11BrN2O3/c1-15-7-4-3-6(10(12)11(7)16-2)8-5-9(13)14-17-8/h3-5H,1-2H3,(H2,13,14). The summed E-state index contributed by atoms with van der Waals surface area (Å²) in [5, 5.41) is 3.64. The molecule has 0 aliphatic rings. The van der Waals surface area contributed by atoms with Gasteiger partial charge in [-0.3, -0.25) is 0 Å². The molecule has 90 valence electrons. The molecule has 17 heavy (non-hydrogen) atoms. The Labute approximate surface area is 107 Å². The van der Waals surface area contributed by atoms with Gasteiger partial charge in [-0.25, -0.2) is 0 Å². The van der Waals surface area contributed by atoms with Crippen LogP contribution in [0.5, 0.6) is 11.5 Å². The molecule has 0 fully saturated rings. The second-order valence-electron chi connectivity index (χ2n) is 3.28. The SMILES string of the molecule is COc1ccc(-c2cc(N)no2)c(Br)c1OC. The molecule has 5 nitrogen and oxygen atoms in total. The van der Waals surface area contributed by atoms with E-state index in [9.17, 15) is 0 Å². The highest BCUT2D eigenvalue weighted by Gasteiger charge is 2.16. The highest BCUT2D eigenvalue weighted by Crippen LogP contribution is 2.42. The van der Waals surface area contributed by atoms with Gasteiger partial charge in [0, 0.05) is 11.6 Å². The summed E-state index contributed by atoms with van der Waals surface area (Å²) in [6.45, 7) is 0. The van der Waals surface area contributed by atoms with E-state index in [2.05, 4.69) is 21.1 Å². The molecule has 2 aromatic rings. The average Bonchev–Trinajstić information content (AvgIpc) is 2.75. The Balaban J connectivity index is 2.56. The van der Waals surface area contributed by atoms with Crippen molar-refractivity contribution in [3.05, 3.63) is 22.7 Å². The van der Waals surface area contributed by atoms with Crippen molar-refractivity contribution >= 4 is 21.7 Å². The zero-order chi connectivity index (χ0) is 12.4. The van der Waals surface area contributed by atoms with Crippen molar-refractivity contribution in [2.24, 2.45) is 0 Å². The van der Waals surface area contributed by atoms with Gasteiger partial charge >= 0.3 is 0 Å². The van der Waals surface area contributed by atoms with Crippen LogP contribution in [0.3, 0.4) is 0 Å². The number of nitrogens with two attached hydrogens (primary N) is 1. The largest absolute Gasteiger partial charge is 0.493 e. The van der Waals surface area contributed by atoms with Gasteiger partial charge in [0.1, 0.15) is 0 Å². The van der Waals surface area contributed by atoms with Gasteiger partial charge in [-0.15, -0.1) is 0 Å². The molecule has 0 atom stereocenters. The minimum absolute atomic E-state index is 0.335. The number of hydrogen-bond donors (Lipinski definition) is 1. The fraction of sp³-hybridized carbons (Fsp3) is 0.182. The summed E-state index contributed by atoms with van der Waals surface area (Å²) in [6, 6.07) is 5.27. The summed E-state index contributed by atoms with van der Waals surface area (Å²) >= 11 is 3.45. The molecule has 0 bridgehead atoms. The summed E-state index contributed by atoms with van der Waals surface area (Å²) in [7, 11) is 3.15. The molecule has 1 aromatic heterocycles. The first-order valence-corrected chi connectivity index (χ1v) is 5.59. The van der Waals surface area contributed by atoms with E-state index in [-0.39, 0.29) is 0 Å². The van der Waals surface area contributed by atoms with Crippen molar-refractivity contribution < 1.29 is 14.0 Å². The van der Waals surface area contributed by atoms with Gasteiger partial charge < -0.3 is 19.7 Å². The van der Waals surface area contributed by atoms with E-state index in [1.807, 2.05) is 6.07 Å². The third-order valence-corrected chi connectivity index (χ3v) is 3.07. The van der Waals surface area contributed by atoms with Crippen LogP contribution in [0.25, 0.3) is 11.3 Å². The van der Waals surface area contributed by atoms with Crippen LogP contribution in [-0.2, 0) is 0 Å². The van der Waals surface area contributed by atoms with Crippen molar-refractivity contribution in [1.82, 2.24) is 5.16 Å². The number of nitrogen functional groups attached to an aromatic ring is 1. The fourth-order valence-corrected chi connectivity index (χ4v) is 2.18. The van der Waals surface area contributed by atoms with Crippen LogP contribution in [0.4, 0.5) is 5.82 Å². The van der Waals surface area contributed by atoms with Gasteiger partial charge in [0.2, 0.25) is 0 Å². The van der Waals surface area contributed by atoms with Gasteiger partial charge in [0.15, 0.2) is 23.1 Å². The number of aromatic nitrogens is 1. The van der Waals surface area contributed by atoms with E-state index in [1.165, 1.54) is 0 Å². The molecule has 2 N–H and O–H groups in total. The van der Waals surface area contributed by atoms with Gasteiger partial charge in [0.05, 0.1) is 18.7 Å². The second-order valence-corrected chi connectivity index (χ2v) is 4.07. The predicted octanol–water partition coefficient (Wildman–Crippen LogP) is 2.70. The summed E-state index contributed by atoms with van der Waals surface area (Å²) in [5.41, 5.74) is 6.31. The number of ether oxygens (including phenoxy) is 2. The minimum atomic E-state index is 0.335. The molecule has 0 unspecified atom stereocenters. The molecular formula is C11H11BrN2O3. The minimum Gasteiger partial charge on any atom is -0.493 e. The summed E-state index contributed by atoms with van der Waals surface area (Å²) in [6.07, 6.45) is 0. The lowest BCUT2D eigenvalue weighted by Gasteiger charge is -2.11. The van der Waals surface area contributed by atoms with Crippen molar-refractivity contribution in [1.29, 1.82) is 0 Å². The molecular weight excluding hydrogens is 288 g/mol. The number of halogens is 1. The van der Waals surface area contributed by atoms with E-state index in [4.69, 9.17) is 19.7 Å². The average molecular weight is 299 g/mol. The monoisotopic (exact) mass is 298 g/mol. The molecule has 2 rings (SSSR count). The van der Waals surface area contributed by atoms with Crippen molar-refractivity contribution in [2.45, 2.75) is 0 Å². The highest BCUT2D eigenvalue weighted by atomic mass is 79.9. The molecule has 0 saturated carbocycles. The molecule has 6 heteroatoms. The second kappa shape index (κ2) is 4.67. The summed E-state index contributed by atoms with van der Waals surface area (Å²) < 4.78 is 16.3. The highest BCUT2D eigenvalue weighted by molar-refractivity contribution is 9.10. The van der Waals surface area contributed by atoms with Crippen LogP contribution >= 0.6 is 15.9 Å². The van der Waals surface area contributed by atoms with E-state index >= 15 is 0 Å². The van der Waals surface area contributed by atoms with Crippen LogP contribution in [0.1, 0.15) is 0 Å². The Hall–Kier alpha value is -1.69. The molecule has 0 amide bonds. The zero-order valence-electron chi connectivity index (χ0n) is 9.36. The van der Waals surface area contributed by atoms with E-state index in [0.717, 1.165) is 10.0 Å². The lowest BCUT2D eigenvalue weighted by atomic mass is 10.1. The third-order valence-electron chi connectivity index (χ3n) is 2.28. The van der Waals surface area contributed by atoms with Gasteiger partial charge in [-0.2, -0.15) is 0 Å². The van der Waals surface area contributed by atoms with Gasteiger partial charge in [-0.05, 0) is 28.1 Å². The Bertz CT molecular complexity index is 540. The molecule has 0 aliphatic carbocycles. The maximum Gasteiger partial charge on any atom is 0.175 e. The molecule has 0 saturated heterocycles. The van der Waals surface area contributed by atoms with Crippen LogP contribution in [-0.4, -0.2) is 19.4 Å². The summed E-state index contributed by atoms with van der Waals surface area (Å²) in [4.78, 5) is 0. The van der Waals surface area contributed by atoms with Crippen LogP contribution in [0.2, 0.25) is 0 Å². The Kier molecular flexibility index (Phi) is 3.23. The Morgan fingerprint density at radius 3 is 2.59 bits per heavy atom. The van der Waals surface area contributed by atoms with E-state index in [1.54, 1.807) is 26.4 Å². The van der Waals surface area contributed by atoms with Crippen molar-refractivity contribution in [3.63, 3.8) is 0 Å². The maximum atomic E-state index is 5.52. The van der Waals surface area contributed by atoms with E-state index in [0.29, 0.717) is 23.1 Å². The first-order valence-electron chi connectivity index (χ1n) is 4.80. The van der Waals surface area contributed by atoms with Crippen LogP contribution in [0, 0.1) is 0 Å². The number of anilines is 1. The van der Waals surface area contributed by atoms with Crippen LogP contribution < -0.4 is 15.2 Å². The van der Waals surface area contributed by atoms with Crippen molar-refractivity contribution in [3.8, 4) is 22.8 Å². The predicted molar refractivity (Wildman–Crippen MR) is 67.2 cm³/mol. The maximum absolute atomic E-state index is 5.52.